The molecule has 0 aromatic carbocycles. The van der Waals surface area contributed by atoms with Crippen LogP contribution in [0.1, 0.15) is 44.7 Å². The highest BCUT2D eigenvalue weighted by Crippen LogP contribution is 2.38. The van der Waals surface area contributed by atoms with Gasteiger partial charge in [0.25, 0.3) is 0 Å². The molecular formula is C11H16ClN3. The molecule has 0 saturated heterocycles. The Morgan fingerprint density at radius 1 is 1.27 bits per heavy atom. The van der Waals surface area contributed by atoms with Crippen LogP contribution >= 0.6 is 11.6 Å². The summed E-state index contributed by atoms with van der Waals surface area (Å²) in [6.07, 6.45) is 6.18. The van der Waals surface area contributed by atoms with E-state index in [1.54, 1.807) is 0 Å². The van der Waals surface area contributed by atoms with E-state index >= 15 is 0 Å². The predicted octanol–water partition coefficient (Wildman–Crippen LogP) is 2.93. The molecular weight excluding hydrogens is 210 g/mol. The van der Waals surface area contributed by atoms with Crippen LogP contribution in [0, 0.1) is 0 Å². The third-order valence-electron chi connectivity index (χ3n) is 3.29. The van der Waals surface area contributed by atoms with Crippen LogP contribution in [-0.2, 0) is 5.41 Å². The summed E-state index contributed by atoms with van der Waals surface area (Å²) in [7, 11) is 0. The molecule has 4 heteroatoms. The van der Waals surface area contributed by atoms with E-state index in [9.17, 15) is 0 Å². The average Bonchev–Trinajstić information content (AvgIpc) is 2.17. The Labute approximate surface area is 95.1 Å². The van der Waals surface area contributed by atoms with Crippen molar-refractivity contribution in [2.24, 2.45) is 0 Å². The number of hydrogen-bond acceptors (Lipinski definition) is 3. The van der Waals surface area contributed by atoms with E-state index in [1.165, 1.54) is 32.1 Å². The maximum Gasteiger partial charge on any atom is 0.221 e. The van der Waals surface area contributed by atoms with Crippen molar-refractivity contribution < 1.29 is 0 Å². The number of halogens is 1. The number of nitrogen functional groups attached to an aromatic ring is 1. The summed E-state index contributed by atoms with van der Waals surface area (Å²) in [5.41, 5.74) is 6.76. The van der Waals surface area contributed by atoms with Gasteiger partial charge in [-0.1, -0.05) is 37.8 Å². The van der Waals surface area contributed by atoms with Gasteiger partial charge in [-0.05, 0) is 18.9 Å². The fraction of sp³-hybridized carbons (Fsp3) is 0.636. The Bertz CT molecular complexity index is 339. The summed E-state index contributed by atoms with van der Waals surface area (Å²) >= 11 is 5.90. The highest BCUT2D eigenvalue weighted by Gasteiger charge is 2.30. The summed E-state index contributed by atoms with van der Waals surface area (Å²) in [5.74, 6) is 0.282. The summed E-state index contributed by atoms with van der Waals surface area (Å²) in [6.45, 7) is 2.24. The van der Waals surface area contributed by atoms with Gasteiger partial charge in [-0.3, -0.25) is 0 Å². The molecule has 15 heavy (non-hydrogen) atoms. The Balaban J connectivity index is 2.34. The van der Waals surface area contributed by atoms with Gasteiger partial charge in [-0.2, -0.15) is 0 Å². The first-order chi connectivity index (χ1) is 7.10. The monoisotopic (exact) mass is 225 g/mol. The zero-order valence-electron chi connectivity index (χ0n) is 8.96. The average molecular weight is 226 g/mol. The summed E-state index contributed by atoms with van der Waals surface area (Å²) in [5, 5.41) is 0.448. The third kappa shape index (κ3) is 2.23. The van der Waals surface area contributed by atoms with E-state index < -0.39 is 0 Å². The number of aromatic nitrogens is 2. The quantitative estimate of drug-likeness (QED) is 0.748. The van der Waals surface area contributed by atoms with Gasteiger partial charge >= 0.3 is 0 Å². The molecule has 0 spiro atoms. The van der Waals surface area contributed by atoms with Crippen LogP contribution in [0.5, 0.6) is 0 Å². The number of anilines is 1. The van der Waals surface area contributed by atoms with Crippen molar-refractivity contribution in [2.75, 3.05) is 5.73 Å². The smallest absolute Gasteiger partial charge is 0.221 e. The second-order valence-electron chi connectivity index (χ2n) is 4.56. The molecule has 0 radical (unpaired) electrons. The number of nitrogens with two attached hydrogens (primary N) is 1. The first-order valence-corrected chi connectivity index (χ1v) is 5.78. The molecule has 0 aliphatic heterocycles. The normalized spacial score (nSPS) is 20.1. The lowest BCUT2D eigenvalue weighted by Gasteiger charge is -2.33. The Morgan fingerprint density at radius 3 is 2.53 bits per heavy atom. The van der Waals surface area contributed by atoms with E-state index in [-0.39, 0.29) is 11.4 Å². The topological polar surface area (TPSA) is 51.8 Å². The van der Waals surface area contributed by atoms with Crippen LogP contribution in [0.15, 0.2) is 6.07 Å². The van der Waals surface area contributed by atoms with Gasteiger partial charge in [0, 0.05) is 5.41 Å². The maximum absolute atomic E-state index is 5.90. The fourth-order valence-corrected chi connectivity index (χ4v) is 2.52. The lowest BCUT2D eigenvalue weighted by Crippen LogP contribution is -2.26. The van der Waals surface area contributed by atoms with E-state index in [4.69, 9.17) is 17.3 Å². The molecule has 1 aromatic heterocycles. The van der Waals surface area contributed by atoms with Crippen LogP contribution in [0.2, 0.25) is 5.15 Å². The molecule has 1 heterocycles. The third-order valence-corrected chi connectivity index (χ3v) is 3.48. The fourth-order valence-electron chi connectivity index (χ4n) is 2.33. The lowest BCUT2D eigenvalue weighted by molar-refractivity contribution is 0.312. The zero-order chi connectivity index (χ0) is 10.9. The second kappa shape index (κ2) is 3.97. The van der Waals surface area contributed by atoms with Crippen molar-refractivity contribution in [3.8, 4) is 0 Å². The van der Waals surface area contributed by atoms with Crippen molar-refractivity contribution in [3.63, 3.8) is 0 Å². The molecule has 0 bridgehead atoms. The van der Waals surface area contributed by atoms with Crippen LogP contribution in [0.25, 0.3) is 0 Å². The first-order valence-electron chi connectivity index (χ1n) is 5.41. The van der Waals surface area contributed by atoms with Crippen molar-refractivity contribution in [2.45, 2.75) is 44.4 Å². The second-order valence-corrected chi connectivity index (χ2v) is 4.94. The highest BCUT2D eigenvalue weighted by atomic mass is 35.5. The predicted molar refractivity (Wildman–Crippen MR) is 61.9 cm³/mol. The van der Waals surface area contributed by atoms with Gasteiger partial charge in [-0.15, -0.1) is 0 Å². The SMILES string of the molecule is CC1(c2cc(Cl)nc(N)n2)CCCCC1. The molecule has 1 fully saturated rings. The van der Waals surface area contributed by atoms with Gasteiger partial charge in [0.15, 0.2) is 0 Å². The van der Waals surface area contributed by atoms with Crippen LogP contribution in [0.4, 0.5) is 5.95 Å². The number of hydrogen-bond donors (Lipinski definition) is 1. The van der Waals surface area contributed by atoms with Gasteiger partial charge in [0.05, 0.1) is 5.69 Å². The Hall–Kier alpha value is -0.830. The van der Waals surface area contributed by atoms with Gasteiger partial charge in [0.2, 0.25) is 5.95 Å². The molecule has 0 unspecified atom stereocenters. The molecule has 2 rings (SSSR count). The van der Waals surface area contributed by atoms with Gasteiger partial charge in [-0.25, -0.2) is 9.97 Å². The summed E-state index contributed by atoms with van der Waals surface area (Å²) < 4.78 is 0. The van der Waals surface area contributed by atoms with Crippen LogP contribution in [-0.4, -0.2) is 9.97 Å². The number of rotatable bonds is 1. The van der Waals surface area contributed by atoms with Crippen molar-refractivity contribution in [1.82, 2.24) is 9.97 Å². The number of nitrogens with zero attached hydrogens (tertiary/aromatic N) is 2. The molecule has 0 amide bonds. The van der Waals surface area contributed by atoms with E-state index in [0.717, 1.165) is 5.69 Å². The van der Waals surface area contributed by atoms with Gasteiger partial charge in [0.1, 0.15) is 5.15 Å². The largest absolute Gasteiger partial charge is 0.368 e. The molecule has 0 atom stereocenters. The molecule has 1 aliphatic carbocycles. The minimum atomic E-state index is 0.138. The Kier molecular flexibility index (Phi) is 2.83. The van der Waals surface area contributed by atoms with E-state index in [1.807, 2.05) is 6.07 Å². The van der Waals surface area contributed by atoms with E-state index in [2.05, 4.69) is 16.9 Å². The van der Waals surface area contributed by atoms with Crippen molar-refractivity contribution in [3.05, 3.63) is 16.9 Å². The maximum atomic E-state index is 5.90. The summed E-state index contributed by atoms with van der Waals surface area (Å²) in [6, 6.07) is 1.85. The highest BCUT2D eigenvalue weighted by molar-refractivity contribution is 6.29. The molecule has 1 aliphatic rings. The molecule has 2 N–H and O–H groups in total. The molecule has 1 saturated carbocycles. The van der Waals surface area contributed by atoms with Crippen LogP contribution < -0.4 is 5.73 Å². The lowest BCUT2D eigenvalue weighted by atomic mass is 9.73. The van der Waals surface area contributed by atoms with Crippen molar-refractivity contribution >= 4 is 17.5 Å². The summed E-state index contributed by atoms with van der Waals surface area (Å²) in [4.78, 5) is 8.20. The molecule has 3 nitrogen and oxygen atoms in total. The molecule has 82 valence electrons. The zero-order valence-corrected chi connectivity index (χ0v) is 9.72. The minimum Gasteiger partial charge on any atom is -0.368 e. The van der Waals surface area contributed by atoms with Gasteiger partial charge < -0.3 is 5.73 Å². The first kappa shape index (κ1) is 10.7. The Morgan fingerprint density at radius 2 is 1.93 bits per heavy atom. The molecule has 1 aromatic rings. The van der Waals surface area contributed by atoms with Crippen LogP contribution in [0.3, 0.4) is 0 Å². The standard InChI is InChI=1S/C11H16ClN3/c1-11(5-3-2-4-6-11)8-7-9(12)15-10(13)14-8/h7H,2-6H2,1H3,(H2,13,14,15). The minimum absolute atomic E-state index is 0.138. The van der Waals surface area contributed by atoms with E-state index in [0.29, 0.717) is 5.15 Å². The van der Waals surface area contributed by atoms with Crippen molar-refractivity contribution in [1.29, 1.82) is 0 Å².